The number of pyridine rings is 2. The summed E-state index contributed by atoms with van der Waals surface area (Å²) in [4.78, 5) is 31.3. The Morgan fingerprint density at radius 1 is 1.30 bits per heavy atom. The van der Waals surface area contributed by atoms with E-state index in [0.29, 0.717) is 47.1 Å². The summed E-state index contributed by atoms with van der Waals surface area (Å²) < 4.78 is 0. The van der Waals surface area contributed by atoms with Gasteiger partial charge >= 0.3 is 0 Å². The van der Waals surface area contributed by atoms with Gasteiger partial charge in [-0.05, 0) is 25.0 Å². The topological polar surface area (TPSA) is 139 Å². The first-order valence-corrected chi connectivity index (χ1v) is 10.3. The predicted octanol–water partition coefficient (Wildman–Crippen LogP) is 3.06. The number of carbonyl (C=O) groups is 2. The number of carboxylic acid groups (broad SMARTS) is 1. The largest absolute Gasteiger partial charge is 0.481 e. The van der Waals surface area contributed by atoms with Crippen molar-refractivity contribution in [3.8, 4) is 0 Å². The highest BCUT2D eigenvalue weighted by molar-refractivity contribution is 6.29. The van der Waals surface area contributed by atoms with Gasteiger partial charge in [0.25, 0.3) is 5.97 Å². The van der Waals surface area contributed by atoms with Gasteiger partial charge in [-0.15, -0.1) is 0 Å². The van der Waals surface area contributed by atoms with Crippen molar-refractivity contribution in [2.45, 2.75) is 53.0 Å². The fraction of sp³-hybridized carbons (Fsp3) is 0.500. The van der Waals surface area contributed by atoms with Crippen molar-refractivity contribution in [1.29, 1.82) is 0 Å². The maximum atomic E-state index is 11.8. The third-order valence-electron chi connectivity index (χ3n) is 4.45. The van der Waals surface area contributed by atoms with Gasteiger partial charge in [-0.25, -0.2) is 10.8 Å². The summed E-state index contributed by atoms with van der Waals surface area (Å²) >= 11 is 6.02. The Morgan fingerprint density at radius 3 is 2.40 bits per heavy atom. The van der Waals surface area contributed by atoms with Crippen LogP contribution in [0.1, 0.15) is 47.0 Å². The Bertz CT molecular complexity index is 847. The van der Waals surface area contributed by atoms with Crippen LogP contribution in [0.4, 0.5) is 11.4 Å². The molecule has 5 N–H and O–H groups in total. The van der Waals surface area contributed by atoms with Crippen LogP contribution in [0.3, 0.4) is 0 Å². The van der Waals surface area contributed by atoms with Gasteiger partial charge in [-0.2, -0.15) is 0 Å². The molecule has 1 aliphatic rings. The number of nitrogen functional groups attached to an aromatic ring is 1. The number of fused-ring (bicyclic) bond motifs is 1. The van der Waals surface area contributed by atoms with Crippen molar-refractivity contribution in [2.75, 3.05) is 23.8 Å². The Balaban J connectivity index is 0.000000673. The molecule has 2 aromatic rings. The van der Waals surface area contributed by atoms with Gasteiger partial charge in [-0.1, -0.05) is 32.4 Å². The number of aromatic nitrogens is 2. The third-order valence-corrected chi connectivity index (χ3v) is 4.66. The number of aliphatic carboxylic acids is 1. The fourth-order valence-electron chi connectivity index (χ4n) is 3.11. The second-order valence-electron chi connectivity index (χ2n) is 6.46. The van der Waals surface area contributed by atoms with Crippen LogP contribution >= 0.6 is 11.6 Å². The minimum atomic E-state index is -0.833. The lowest BCUT2D eigenvalue weighted by Crippen LogP contribution is -2.50. The molecule has 3 heterocycles. The zero-order valence-corrected chi connectivity index (χ0v) is 18.7. The van der Waals surface area contributed by atoms with Crippen LogP contribution in [0.15, 0.2) is 18.3 Å². The monoisotopic (exact) mass is 438 g/mol. The van der Waals surface area contributed by atoms with Gasteiger partial charge < -0.3 is 20.7 Å². The SMILES string of the molecule is CC.CC(=O)O.CCC(=O)N1CCC(N(N)c2c(N)cnc3ccc(Cl)nc23)CC1. The molecule has 0 bridgehead atoms. The highest BCUT2D eigenvalue weighted by Crippen LogP contribution is 2.32. The maximum Gasteiger partial charge on any atom is 0.300 e. The molecule has 1 fully saturated rings. The summed E-state index contributed by atoms with van der Waals surface area (Å²) in [5.41, 5.74) is 8.50. The predicted molar refractivity (Wildman–Crippen MR) is 120 cm³/mol. The average Bonchev–Trinajstić information content (AvgIpc) is 2.73. The first kappa shape index (κ1) is 25.4. The van der Waals surface area contributed by atoms with Crippen LogP contribution in [0, 0.1) is 0 Å². The lowest BCUT2D eigenvalue weighted by molar-refractivity contribution is -0.134. The molecule has 0 aromatic carbocycles. The summed E-state index contributed by atoms with van der Waals surface area (Å²) in [6.07, 6.45) is 3.68. The van der Waals surface area contributed by atoms with Crippen molar-refractivity contribution in [1.82, 2.24) is 14.9 Å². The molecule has 1 aliphatic heterocycles. The molecule has 10 heteroatoms. The van der Waals surface area contributed by atoms with Crippen LogP contribution in [-0.2, 0) is 9.59 Å². The van der Waals surface area contributed by atoms with E-state index in [4.69, 9.17) is 33.1 Å². The molecule has 9 nitrogen and oxygen atoms in total. The van der Waals surface area contributed by atoms with Crippen molar-refractivity contribution in [3.63, 3.8) is 0 Å². The smallest absolute Gasteiger partial charge is 0.300 e. The summed E-state index contributed by atoms with van der Waals surface area (Å²) in [6, 6.07) is 3.57. The van der Waals surface area contributed by atoms with E-state index in [1.165, 1.54) is 0 Å². The van der Waals surface area contributed by atoms with E-state index in [1.807, 2.05) is 25.7 Å². The first-order chi connectivity index (χ1) is 14.2. The molecular formula is C20H31ClN6O3. The van der Waals surface area contributed by atoms with Crippen molar-refractivity contribution in [2.24, 2.45) is 5.84 Å². The Hall–Kier alpha value is -2.65. The number of hydrogen-bond acceptors (Lipinski definition) is 7. The third kappa shape index (κ3) is 6.70. The molecule has 0 aliphatic carbocycles. The second-order valence-corrected chi connectivity index (χ2v) is 6.84. The maximum absolute atomic E-state index is 11.8. The van der Waals surface area contributed by atoms with Crippen LogP contribution in [0.2, 0.25) is 5.15 Å². The zero-order chi connectivity index (χ0) is 22.8. The first-order valence-electron chi connectivity index (χ1n) is 9.96. The minimum absolute atomic E-state index is 0.0830. The van der Waals surface area contributed by atoms with E-state index < -0.39 is 5.97 Å². The normalized spacial score (nSPS) is 13.6. The molecule has 0 spiro atoms. The number of hydrogen-bond donors (Lipinski definition) is 3. The number of carboxylic acids is 1. The molecule has 166 valence electrons. The van der Waals surface area contributed by atoms with E-state index in [1.54, 1.807) is 23.3 Å². The van der Waals surface area contributed by atoms with Gasteiger partial charge in [0.1, 0.15) is 16.4 Å². The number of rotatable bonds is 3. The highest BCUT2D eigenvalue weighted by Gasteiger charge is 2.27. The molecule has 2 aromatic heterocycles. The van der Waals surface area contributed by atoms with Gasteiger partial charge in [0.05, 0.1) is 17.4 Å². The number of likely N-dealkylation sites (tertiary alicyclic amines) is 1. The van der Waals surface area contributed by atoms with E-state index >= 15 is 0 Å². The molecule has 0 unspecified atom stereocenters. The molecule has 30 heavy (non-hydrogen) atoms. The lowest BCUT2D eigenvalue weighted by Gasteiger charge is -2.37. The second kappa shape index (κ2) is 12.1. The number of nitrogens with two attached hydrogens (primary N) is 2. The Labute approximate surface area is 182 Å². The standard InChI is InChI=1S/C16H21ClN6O.C2H4O2.C2H6/c1-2-14(24)22-7-5-10(6-8-22)23(19)16-11(18)9-20-12-3-4-13(17)21-15(12)16;1-2(3)4;1-2/h3-4,9-10H,2,5-8,18-19H2,1H3;1H3,(H,3,4);1-2H3. The number of halogens is 1. The molecule has 0 radical (unpaired) electrons. The Morgan fingerprint density at radius 2 is 1.87 bits per heavy atom. The van der Waals surface area contributed by atoms with Gasteiger partial charge in [0.15, 0.2) is 0 Å². The van der Waals surface area contributed by atoms with E-state index in [2.05, 4.69) is 9.97 Å². The molecular weight excluding hydrogens is 408 g/mol. The summed E-state index contributed by atoms with van der Waals surface area (Å²) in [5.74, 6) is 5.73. The van der Waals surface area contributed by atoms with E-state index in [0.717, 1.165) is 19.8 Å². The Kier molecular flexibility index (Phi) is 10.3. The number of carbonyl (C=O) groups excluding carboxylic acids is 1. The van der Waals surface area contributed by atoms with Crippen LogP contribution in [0.5, 0.6) is 0 Å². The van der Waals surface area contributed by atoms with Crippen molar-refractivity contribution < 1.29 is 14.7 Å². The van der Waals surface area contributed by atoms with Crippen molar-refractivity contribution >= 4 is 45.9 Å². The summed E-state index contributed by atoms with van der Waals surface area (Å²) in [5, 5.41) is 9.45. The van der Waals surface area contributed by atoms with Gasteiger partial charge in [0, 0.05) is 32.5 Å². The zero-order valence-electron chi connectivity index (χ0n) is 17.9. The minimum Gasteiger partial charge on any atom is -0.481 e. The van der Waals surface area contributed by atoms with Gasteiger partial charge in [0.2, 0.25) is 5.91 Å². The molecule has 1 amide bonds. The van der Waals surface area contributed by atoms with Crippen LogP contribution in [0.25, 0.3) is 11.0 Å². The summed E-state index contributed by atoms with van der Waals surface area (Å²) in [6.45, 7) is 8.35. The average molecular weight is 439 g/mol. The van der Waals surface area contributed by atoms with Crippen molar-refractivity contribution in [3.05, 3.63) is 23.5 Å². The van der Waals surface area contributed by atoms with Gasteiger partial charge in [-0.3, -0.25) is 14.6 Å². The number of hydrazine groups is 1. The molecule has 3 rings (SSSR count). The van der Waals surface area contributed by atoms with E-state index in [-0.39, 0.29) is 11.9 Å². The lowest BCUT2D eigenvalue weighted by atomic mass is 10.0. The summed E-state index contributed by atoms with van der Waals surface area (Å²) in [7, 11) is 0. The van der Waals surface area contributed by atoms with E-state index in [9.17, 15) is 4.79 Å². The number of amides is 1. The molecule has 0 atom stereocenters. The van der Waals surface area contributed by atoms with Crippen LogP contribution in [-0.4, -0.2) is 51.0 Å². The van der Waals surface area contributed by atoms with Crippen LogP contribution < -0.4 is 16.6 Å². The fourth-order valence-corrected chi connectivity index (χ4v) is 3.26. The quantitative estimate of drug-likeness (QED) is 0.377. The number of piperidine rings is 1. The highest BCUT2D eigenvalue weighted by atomic mass is 35.5. The molecule has 0 saturated carbocycles. The number of anilines is 2. The molecule has 1 saturated heterocycles. The number of nitrogens with zero attached hydrogens (tertiary/aromatic N) is 4.